The second-order valence-corrected chi connectivity index (χ2v) is 22.5. The lowest BCUT2D eigenvalue weighted by Crippen LogP contribution is -2.61. The van der Waals surface area contributed by atoms with Crippen LogP contribution in [-0.4, -0.2) is 6.71 Å². The molecule has 1 aromatic heterocycles. The first-order chi connectivity index (χ1) is 31.1. The van der Waals surface area contributed by atoms with Crippen molar-refractivity contribution >= 4 is 88.7 Å². The molecule has 0 atom stereocenters. The quantitative estimate of drug-likeness (QED) is 0.163. The number of benzene rings is 8. The molecule has 0 fully saturated rings. The van der Waals surface area contributed by atoms with E-state index in [1.165, 1.54) is 115 Å². The van der Waals surface area contributed by atoms with Crippen molar-refractivity contribution in [2.24, 2.45) is 0 Å². The van der Waals surface area contributed by atoms with Crippen LogP contribution in [0, 0.1) is 6.92 Å². The molecule has 2 nitrogen and oxygen atoms in total. The third-order valence-electron chi connectivity index (χ3n) is 14.0. The van der Waals surface area contributed by atoms with Gasteiger partial charge in [0, 0.05) is 59.7 Å². The Labute approximate surface area is 390 Å². The van der Waals surface area contributed by atoms with Gasteiger partial charge in [0.2, 0.25) is 0 Å². The van der Waals surface area contributed by atoms with Gasteiger partial charge >= 0.3 is 0 Å². The second-order valence-electron chi connectivity index (χ2n) is 21.5. The lowest BCUT2D eigenvalue weighted by atomic mass is 9.33. The van der Waals surface area contributed by atoms with E-state index in [0.717, 1.165) is 0 Å². The summed E-state index contributed by atoms with van der Waals surface area (Å²) >= 11 is 1.92. The fraction of sp³-hybridized carbons (Fsp3) is 0.213. The molecule has 0 bridgehead atoms. The average molecular weight is 861 g/mol. The lowest BCUT2D eigenvalue weighted by molar-refractivity contribution is 0.590. The van der Waals surface area contributed by atoms with Gasteiger partial charge in [-0.1, -0.05) is 184 Å². The molecule has 3 heterocycles. The molecule has 0 radical (unpaired) electrons. The molecule has 11 rings (SSSR count). The smallest absolute Gasteiger partial charge is 0.252 e. The topological polar surface area (TPSA) is 6.48 Å². The maximum absolute atomic E-state index is 2.61. The van der Waals surface area contributed by atoms with Crippen LogP contribution in [0.1, 0.15) is 84.6 Å². The summed E-state index contributed by atoms with van der Waals surface area (Å²) in [5, 5.41) is 2.61. The van der Waals surface area contributed by atoms with Crippen LogP contribution >= 0.6 is 11.3 Å². The zero-order chi connectivity index (χ0) is 45.2. The minimum atomic E-state index is -0.0326. The highest BCUT2D eigenvalue weighted by atomic mass is 32.1. The van der Waals surface area contributed by atoms with Crippen LogP contribution in [-0.2, 0) is 16.2 Å². The van der Waals surface area contributed by atoms with E-state index in [9.17, 15) is 0 Å². The van der Waals surface area contributed by atoms with Gasteiger partial charge in [-0.05, 0) is 115 Å². The summed E-state index contributed by atoms with van der Waals surface area (Å²) in [6, 6.07) is 62.6. The summed E-state index contributed by atoms with van der Waals surface area (Å²) in [6.07, 6.45) is 0. The monoisotopic (exact) mass is 860 g/mol. The molecule has 0 saturated heterocycles. The molecule has 65 heavy (non-hydrogen) atoms. The summed E-state index contributed by atoms with van der Waals surface area (Å²) in [7, 11) is 0. The van der Waals surface area contributed by atoms with E-state index < -0.39 is 0 Å². The predicted octanol–water partition coefficient (Wildman–Crippen LogP) is 15.7. The number of para-hydroxylation sites is 1. The third-order valence-corrected chi connectivity index (χ3v) is 15.3. The van der Waals surface area contributed by atoms with Crippen LogP contribution in [0.3, 0.4) is 0 Å². The van der Waals surface area contributed by atoms with Crippen LogP contribution in [0.15, 0.2) is 164 Å². The molecule has 0 aliphatic carbocycles. The van der Waals surface area contributed by atoms with Crippen molar-refractivity contribution in [1.29, 1.82) is 0 Å². The predicted molar refractivity (Wildman–Crippen MR) is 285 cm³/mol. The minimum absolute atomic E-state index is 0.0181. The Morgan fingerprint density at radius 3 is 1.49 bits per heavy atom. The van der Waals surface area contributed by atoms with E-state index in [1.807, 2.05) is 11.3 Å². The maximum atomic E-state index is 2.61. The van der Waals surface area contributed by atoms with Gasteiger partial charge in [0.05, 0.1) is 5.69 Å². The first kappa shape index (κ1) is 41.4. The molecule has 0 spiro atoms. The molecule has 8 aromatic carbocycles. The van der Waals surface area contributed by atoms with E-state index in [0.29, 0.717) is 0 Å². The number of nitrogens with zero attached hydrogens (tertiary/aromatic N) is 2. The Kier molecular flexibility index (Phi) is 9.44. The Balaban J connectivity index is 1.20. The van der Waals surface area contributed by atoms with Crippen molar-refractivity contribution in [1.82, 2.24) is 0 Å². The number of hydrogen-bond donors (Lipinski definition) is 0. The van der Waals surface area contributed by atoms with E-state index in [4.69, 9.17) is 0 Å². The summed E-state index contributed by atoms with van der Waals surface area (Å²) in [6.45, 7) is 23.3. The van der Waals surface area contributed by atoms with E-state index in [2.05, 4.69) is 243 Å². The highest BCUT2D eigenvalue weighted by molar-refractivity contribution is 7.26. The Bertz CT molecular complexity index is 3340. The molecule has 2 aliphatic rings. The third kappa shape index (κ3) is 6.75. The molecule has 9 aromatic rings. The highest BCUT2D eigenvalue weighted by Gasteiger charge is 2.44. The summed E-state index contributed by atoms with van der Waals surface area (Å²) < 4.78 is 2.65. The maximum Gasteiger partial charge on any atom is 0.252 e. The Hall–Kier alpha value is -6.36. The number of anilines is 6. The molecular weight excluding hydrogens is 804 g/mol. The summed E-state index contributed by atoms with van der Waals surface area (Å²) in [4.78, 5) is 5.17. The molecule has 320 valence electrons. The van der Waals surface area contributed by atoms with Crippen molar-refractivity contribution < 1.29 is 0 Å². The molecule has 4 heteroatoms. The molecule has 0 amide bonds. The van der Waals surface area contributed by atoms with Crippen LogP contribution in [0.2, 0.25) is 0 Å². The average Bonchev–Trinajstić information content (AvgIpc) is 3.67. The molecular formula is C61H57BN2S. The van der Waals surface area contributed by atoms with Crippen molar-refractivity contribution in [2.75, 3.05) is 9.80 Å². The second kappa shape index (κ2) is 14.8. The van der Waals surface area contributed by atoms with Gasteiger partial charge in [-0.3, -0.25) is 0 Å². The van der Waals surface area contributed by atoms with Crippen molar-refractivity contribution in [3.8, 4) is 22.3 Å². The standard InChI is InChI=1S/C61H57BN2S/c1-38-34-54-56-55(35-38)64(51-25-15-14-20-45(51)46-22-17-24-48-47-23-16-21-44(57(47)65-58(46)48)39-18-12-11-13-19-39)53-33-29-42(61(8,9)10)37-50(53)62(56)49-36-41(60(5,6)7)28-32-52(49)63(54)43-30-26-40(27-31-43)59(2,3)4/h11-37H,1-10H3. The highest BCUT2D eigenvalue weighted by Crippen LogP contribution is 2.50. The lowest BCUT2D eigenvalue weighted by Gasteiger charge is -2.45. The van der Waals surface area contributed by atoms with Crippen LogP contribution in [0.25, 0.3) is 42.4 Å². The van der Waals surface area contributed by atoms with Crippen molar-refractivity contribution in [2.45, 2.75) is 85.5 Å². The SMILES string of the molecule is Cc1cc2c3c(c1)N(c1ccccc1-c1cccc4c1sc1c(-c5ccccc5)cccc14)c1ccc(C(C)(C)C)cc1B3c1cc(C(C)(C)C)ccc1N2c1ccc(C(C)(C)C)cc1. The van der Waals surface area contributed by atoms with E-state index in [1.54, 1.807) is 0 Å². The number of thiophene rings is 1. The van der Waals surface area contributed by atoms with Gasteiger partial charge in [0.25, 0.3) is 6.71 Å². The van der Waals surface area contributed by atoms with Gasteiger partial charge in [0.15, 0.2) is 0 Å². The van der Waals surface area contributed by atoms with Gasteiger partial charge in [-0.2, -0.15) is 0 Å². The fourth-order valence-corrected chi connectivity index (χ4v) is 11.9. The Morgan fingerprint density at radius 1 is 0.400 bits per heavy atom. The van der Waals surface area contributed by atoms with Gasteiger partial charge < -0.3 is 9.80 Å². The first-order valence-electron chi connectivity index (χ1n) is 23.3. The van der Waals surface area contributed by atoms with Crippen LogP contribution in [0.5, 0.6) is 0 Å². The normalized spacial score (nSPS) is 13.6. The van der Waals surface area contributed by atoms with Crippen molar-refractivity contribution in [3.05, 3.63) is 186 Å². The molecule has 0 unspecified atom stereocenters. The number of rotatable bonds is 4. The minimum Gasteiger partial charge on any atom is -0.311 e. The number of fused-ring (bicyclic) bond motifs is 7. The van der Waals surface area contributed by atoms with Crippen LogP contribution in [0.4, 0.5) is 34.1 Å². The zero-order valence-electron chi connectivity index (χ0n) is 39.5. The first-order valence-corrected chi connectivity index (χ1v) is 24.1. The van der Waals surface area contributed by atoms with E-state index in [-0.39, 0.29) is 23.0 Å². The summed E-state index contributed by atoms with van der Waals surface area (Å²) in [5.74, 6) is 0. The van der Waals surface area contributed by atoms with Gasteiger partial charge in [0.1, 0.15) is 0 Å². The fourth-order valence-electron chi connectivity index (χ4n) is 10.5. The molecule has 0 saturated carbocycles. The Morgan fingerprint density at radius 2 is 0.892 bits per heavy atom. The van der Waals surface area contributed by atoms with E-state index >= 15 is 0 Å². The van der Waals surface area contributed by atoms with Crippen molar-refractivity contribution in [3.63, 3.8) is 0 Å². The molecule has 2 aliphatic heterocycles. The van der Waals surface area contributed by atoms with Crippen LogP contribution < -0.4 is 26.2 Å². The van der Waals surface area contributed by atoms with Gasteiger partial charge in [-0.25, -0.2) is 0 Å². The summed E-state index contributed by atoms with van der Waals surface area (Å²) in [5.41, 5.74) is 21.7. The largest absolute Gasteiger partial charge is 0.311 e. The van der Waals surface area contributed by atoms with Gasteiger partial charge in [-0.15, -0.1) is 11.3 Å². The zero-order valence-corrected chi connectivity index (χ0v) is 40.3. The number of aryl methyl sites for hydroxylation is 1. The number of hydrogen-bond acceptors (Lipinski definition) is 3. The molecule has 0 N–H and O–H groups in total.